The molecule has 4 heteroatoms. The highest BCUT2D eigenvalue weighted by Gasteiger charge is 2.03. The van der Waals surface area contributed by atoms with E-state index in [0.717, 1.165) is 11.3 Å². The molecule has 0 aliphatic carbocycles. The first kappa shape index (κ1) is 11.6. The van der Waals surface area contributed by atoms with Gasteiger partial charge in [0.15, 0.2) is 0 Å². The fraction of sp³-hybridized carbons (Fsp3) is 0.400. The Bertz CT molecular complexity index is 304. The quantitative estimate of drug-likeness (QED) is 0.785. The lowest BCUT2D eigenvalue weighted by Crippen LogP contribution is -2.21. The zero-order valence-corrected chi connectivity index (χ0v) is 9.44. The van der Waals surface area contributed by atoms with E-state index in [1.54, 1.807) is 0 Å². The second-order valence-corrected chi connectivity index (χ2v) is 3.89. The average Bonchev–Trinajstić information content (AvgIpc) is 2.16. The molecule has 1 atom stereocenters. The van der Waals surface area contributed by atoms with Crippen LogP contribution < -0.4 is 5.32 Å². The molecule has 0 fully saturated rings. The Balaban J connectivity index is 2.59. The van der Waals surface area contributed by atoms with E-state index in [2.05, 4.69) is 5.32 Å². The predicted octanol–water partition coefficient (Wildman–Crippen LogP) is 2.66. The third-order valence-corrected chi connectivity index (χ3v) is 2.49. The van der Waals surface area contributed by atoms with Crippen LogP contribution in [0.4, 0.5) is 5.69 Å². The summed E-state index contributed by atoms with van der Waals surface area (Å²) < 4.78 is 0. The van der Waals surface area contributed by atoms with E-state index < -0.39 is 6.10 Å². The summed E-state index contributed by atoms with van der Waals surface area (Å²) in [4.78, 5) is 0. The number of alkyl halides is 1. The molecule has 1 aromatic carbocycles. The minimum absolute atomic E-state index is 0.236. The number of nitrogens with one attached hydrogen (secondary N) is 1. The van der Waals surface area contributed by atoms with Gasteiger partial charge in [0.25, 0.3) is 0 Å². The van der Waals surface area contributed by atoms with E-state index >= 15 is 0 Å². The molecular weight excluding hydrogens is 221 g/mol. The molecule has 0 aromatic heterocycles. The third-order valence-electron chi connectivity index (χ3n) is 1.89. The van der Waals surface area contributed by atoms with Crippen LogP contribution in [-0.4, -0.2) is 23.6 Å². The van der Waals surface area contributed by atoms with E-state index in [0.29, 0.717) is 11.6 Å². The fourth-order valence-corrected chi connectivity index (χ4v) is 1.44. The number of hydrogen-bond donors (Lipinski definition) is 2. The van der Waals surface area contributed by atoms with Crippen LogP contribution in [0.2, 0.25) is 5.02 Å². The van der Waals surface area contributed by atoms with E-state index in [1.165, 1.54) is 0 Å². The Morgan fingerprint density at radius 1 is 1.50 bits per heavy atom. The van der Waals surface area contributed by atoms with Crippen molar-refractivity contribution in [1.82, 2.24) is 0 Å². The van der Waals surface area contributed by atoms with Gasteiger partial charge in [0.05, 0.1) is 12.0 Å². The Labute approximate surface area is 93.8 Å². The minimum Gasteiger partial charge on any atom is -0.390 e. The van der Waals surface area contributed by atoms with Crippen LogP contribution in [0.3, 0.4) is 0 Å². The summed E-state index contributed by atoms with van der Waals surface area (Å²) in [7, 11) is 0. The summed E-state index contributed by atoms with van der Waals surface area (Å²) in [6.45, 7) is 2.41. The van der Waals surface area contributed by atoms with Crippen molar-refractivity contribution in [3.05, 3.63) is 28.8 Å². The van der Waals surface area contributed by atoms with Crippen molar-refractivity contribution in [3.8, 4) is 0 Å². The number of aryl methyl sites for hydroxylation is 1. The van der Waals surface area contributed by atoms with Gasteiger partial charge in [0.2, 0.25) is 0 Å². The van der Waals surface area contributed by atoms with Crippen LogP contribution in [0, 0.1) is 6.92 Å². The molecule has 1 rings (SSSR count). The van der Waals surface area contributed by atoms with Gasteiger partial charge < -0.3 is 10.4 Å². The average molecular weight is 234 g/mol. The molecule has 0 saturated heterocycles. The molecule has 0 bridgehead atoms. The maximum absolute atomic E-state index is 9.24. The summed E-state index contributed by atoms with van der Waals surface area (Å²) in [6.07, 6.45) is -0.522. The Morgan fingerprint density at radius 2 is 2.21 bits per heavy atom. The van der Waals surface area contributed by atoms with Crippen molar-refractivity contribution in [3.63, 3.8) is 0 Å². The molecule has 0 saturated carbocycles. The van der Waals surface area contributed by atoms with Crippen molar-refractivity contribution in [2.45, 2.75) is 13.0 Å². The molecule has 0 radical (unpaired) electrons. The van der Waals surface area contributed by atoms with Crippen LogP contribution in [0.1, 0.15) is 5.56 Å². The molecular formula is C10H13Cl2NO. The highest BCUT2D eigenvalue weighted by molar-refractivity contribution is 6.30. The van der Waals surface area contributed by atoms with Gasteiger partial charge in [0, 0.05) is 17.3 Å². The largest absolute Gasteiger partial charge is 0.390 e. The van der Waals surface area contributed by atoms with Gasteiger partial charge in [-0.3, -0.25) is 0 Å². The Morgan fingerprint density at radius 3 is 2.79 bits per heavy atom. The molecule has 0 amide bonds. The standard InChI is InChI=1S/C10H13Cl2NO/c1-7-4-8(12)2-3-10(7)13-6-9(14)5-11/h2-4,9,13-14H,5-6H2,1H3. The normalized spacial score (nSPS) is 12.6. The molecule has 0 heterocycles. The molecule has 0 aliphatic rings. The van der Waals surface area contributed by atoms with E-state index in [9.17, 15) is 5.11 Å². The van der Waals surface area contributed by atoms with E-state index in [-0.39, 0.29) is 5.88 Å². The molecule has 78 valence electrons. The van der Waals surface area contributed by atoms with E-state index in [1.807, 2.05) is 25.1 Å². The maximum atomic E-state index is 9.24. The first-order chi connectivity index (χ1) is 6.63. The van der Waals surface area contributed by atoms with Crippen molar-refractivity contribution in [2.75, 3.05) is 17.7 Å². The van der Waals surface area contributed by atoms with Gasteiger partial charge in [-0.25, -0.2) is 0 Å². The molecule has 0 spiro atoms. The van der Waals surface area contributed by atoms with Crippen molar-refractivity contribution < 1.29 is 5.11 Å². The SMILES string of the molecule is Cc1cc(Cl)ccc1NCC(O)CCl. The summed E-state index contributed by atoms with van der Waals surface area (Å²) in [5.41, 5.74) is 2.03. The number of benzene rings is 1. The van der Waals surface area contributed by atoms with E-state index in [4.69, 9.17) is 23.2 Å². The third kappa shape index (κ3) is 3.37. The number of halogens is 2. The second-order valence-electron chi connectivity index (χ2n) is 3.15. The van der Waals surface area contributed by atoms with Crippen LogP contribution >= 0.6 is 23.2 Å². The minimum atomic E-state index is -0.522. The van der Waals surface area contributed by atoms with Crippen molar-refractivity contribution in [2.24, 2.45) is 0 Å². The number of rotatable bonds is 4. The fourth-order valence-electron chi connectivity index (χ4n) is 1.11. The number of hydrogen-bond acceptors (Lipinski definition) is 2. The lowest BCUT2D eigenvalue weighted by atomic mass is 10.2. The van der Waals surface area contributed by atoms with Gasteiger partial charge in [-0.05, 0) is 30.7 Å². The second kappa shape index (κ2) is 5.44. The summed E-state index contributed by atoms with van der Waals surface area (Å²) in [5, 5.41) is 13.1. The monoisotopic (exact) mass is 233 g/mol. The van der Waals surface area contributed by atoms with Crippen LogP contribution in [0.25, 0.3) is 0 Å². The topological polar surface area (TPSA) is 32.3 Å². The summed E-state index contributed by atoms with van der Waals surface area (Å²) >= 11 is 11.3. The Hall–Kier alpha value is -0.440. The molecule has 0 aliphatic heterocycles. The maximum Gasteiger partial charge on any atom is 0.0847 e. The van der Waals surface area contributed by atoms with Crippen LogP contribution in [0.15, 0.2) is 18.2 Å². The zero-order chi connectivity index (χ0) is 10.6. The molecule has 1 unspecified atom stereocenters. The molecule has 14 heavy (non-hydrogen) atoms. The lowest BCUT2D eigenvalue weighted by molar-refractivity contribution is 0.211. The molecule has 2 N–H and O–H groups in total. The Kier molecular flexibility index (Phi) is 4.52. The lowest BCUT2D eigenvalue weighted by Gasteiger charge is -2.12. The van der Waals surface area contributed by atoms with Gasteiger partial charge in [-0.2, -0.15) is 0 Å². The summed E-state index contributed by atoms with van der Waals surface area (Å²) in [5.74, 6) is 0.236. The predicted molar refractivity (Wildman–Crippen MR) is 61.4 cm³/mol. The highest BCUT2D eigenvalue weighted by Crippen LogP contribution is 2.19. The molecule has 1 aromatic rings. The first-order valence-electron chi connectivity index (χ1n) is 4.37. The van der Waals surface area contributed by atoms with Crippen molar-refractivity contribution >= 4 is 28.9 Å². The number of aliphatic hydroxyl groups excluding tert-OH is 1. The van der Waals surface area contributed by atoms with Gasteiger partial charge in [0.1, 0.15) is 0 Å². The van der Waals surface area contributed by atoms with Crippen molar-refractivity contribution in [1.29, 1.82) is 0 Å². The molecule has 2 nitrogen and oxygen atoms in total. The number of aliphatic hydroxyl groups is 1. The summed E-state index contributed by atoms with van der Waals surface area (Å²) in [6, 6.07) is 5.57. The van der Waals surface area contributed by atoms with Crippen LogP contribution in [-0.2, 0) is 0 Å². The smallest absolute Gasteiger partial charge is 0.0847 e. The van der Waals surface area contributed by atoms with Gasteiger partial charge in [-0.15, -0.1) is 11.6 Å². The van der Waals surface area contributed by atoms with Gasteiger partial charge >= 0.3 is 0 Å². The van der Waals surface area contributed by atoms with Crippen LogP contribution in [0.5, 0.6) is 0 Å². The zero-order valence-electron chi connectivity index (χ0n) is 7.93. The first-order valence-corrected chi connectivity index (χ1v) is 5.29. The van der Waals surface area contributed by atoms with Gasteiger partial charge in [-0.1, -0.05) is 11.6 Å². The number of anilines is 1. The highest BCUT2D eigenvalue weighted by atomic mass is 35.5.